The van der Waals surface area contributed by atoms with Crippen molar-refractivity contribution < 1.29 is 14.3 Å². The number of aromatic nitrogens is 2. The molecule has 2 aromatic rings. The largest absolute Gasteiger partial charge is 0.493 e. The maximum Gasteiger partial charge on any atom is 0.324 e. The number of ether oxygens (including phenoxy) is 2. The molecule has 0 atom stereocenters. The van der Waals surface area contributed by atoms with Crippen molar-refractivity contribution in [1.82, 2.24) is 9.97 Å². The molecule has 1 aromatic heterocycles. The zero-order valence-corrected chi connectivity index (χ0v) is 18.9. The zero-order chi connectivity index (χ0) is 21.6. The Kier molecular flexibility index (Phi) is 7.38. The van der Waals surface area contributed by atoms with Crippen molar-refractivity contribution in [2.75, 3.05) is 12.9 Å². The summed E-state index contributed by atoms with van der Waals surface area (Å²) in [6.45, 7) is 7.18. The van der Waals surface area contributed by atoms with Crippen molar-refractivity contribution in [2.45, 2.75) is 63.2 Å². The van der Waals surface area contributed by atoms with Gasteiger partial charge in [-0.1, -0.05) is 32.6 Å². The number of fused-ring (bicyclic) bond motifs is 1. The molecule has 3 rings (SSSR count). The Labute approximate surface area is 183 Å². The van der Waals surface area contributed by atoms with E-state index in [1.54, 1.807) is 24.2 Å². The van der Waals surface area contributed by atoms with Crippen molar-refractivity contribution in [1.29, 1.82) is 0 Å². The van der Waals surface area contributed by atoms with E-state index in [0.717, 1.165) is 48.5 Å². The van der Waals surface area contributed by atoms with Gasteiger partial charge >= 0.3 is 12.0 Å². The lowest BCUT2D eigenvalue weighted by Crippen LogP contribution is -2.31. The van der Waals surface area contributed by atoms with Crippen molar-refractivity contribution in [2.24, 2.45) is 0 Å². The maximum absolute atomic E-state index is 11.6. The molecular formula is C24H28N2O3S. The quantitative estimate of drug-likeness (QED) is 0.363. The van der Waals surface area contributed by atoms with Gasteiger partial charge in [0.15, 0.2) is 0 Å². The van der Waals surface area contributed by atoms with E-state index >= 15 is 0 Å². The smallest absolute Gasteiger partial charge is 0.324 e. The van der Waals surface area contributed by atoms with Crippen LogP contribution in [0.4, 0.5) is 0 Å². The van der Waals surface area contributed by atoms with E-state index in [-0.39, 0.29) is 17.4 Å². The van der Waals surface area contributed by atoms with Crippen LogP contribution in [0.3, 0.4) is 0 Å². The molecule has 2 heterocycles. The number of nitrogens with zero attached hydrogens (tertiary/aromatic N) is 2. The summed E-state index contributed by atoms with van der Waals surface area (Å²) in [6, 6.07) is 4.38. The van der Waals surface area contributed by atoms with Gasteiger partial charge in [0.2, 0.25) is 0 Å². The summed E-state index contributed by atoms with van der Waals surface area (Å²) in [5, 5.41) is 0. The molecular weight excluding hydrogens is 396 g/mol. The number of thioether (sulfide) groups is 1. The molecule has 1 aromatic carbocycles. The van der Waals surface area contributed by atoms with Crippen LogP contribution in [0.15, 0.2) is 29.4 Å². The molecule has 0 saturated heterocycles. The van der Waals surface area contributed by atoms with E-state index in [4.69, 9.17) is 9.47 Å². The van der Waals surface area contributed by atoms with E-state index in [0.29, 0.717) is 12.0 Å². The first-order valence-corrected chi connectivity index (χ1v) is 11.7. The monoisotopic (exact) mass is 424 g/mol. The first-order valence-electron chi connectivity index (χ1n) is 10.4. The second kappa shape index (κ2) is 9.99. The molecule has 0 spiro atoms. The van der Waals surface area contributed by atoms with Crippen molar-refractivity contribution >= 4 is 17.7 Å². The summed E-state index contributed by atoms with van der Waals surface area (Å²) in [6.07, 6.45) is 9.48. The van der Waals surface area contributed by atoms with Gasteiger partial charge in [-0.25, -0.2) is 9.97 Å². The fourth-order valence-corrected chi connectivity index (χ4v) is 4.32. The normalized spacial score (nSPS) is 14.1. The SMILES string of the molecule is CCCC(=O)Oc1ncc(C#Cc2cc3c(cc2SC)OCCC3(CC)CC)cn1. The van der Waals surface area contributed by atoms with Gasteiger partial charge in [0.25, 0.3) is 0 Å². The van der Waals surface area contributed by atoms with Gasteiger partial charge in [0.05, 0.1) is 12.2 Å². The third-order valence-corrected chi connectivity index (χ3v) is 6.47. The van der Waals surface area contributed by atoms with Crippen LogP contribution in [0.2, 0.25) is 0 Å². The molecule has 0 amide bonds. The van der Waals surface area contributed by atoms with E-state index in [9.17, 15) is 4.79 Å². The van der Waals surface area contributed by atoms with Gasteiger partial charge in [0, 0.05) is 40.3 Å². The number of hydrogen-bond acceptors (Lipinski definition) is 6. The summed E-state index contributed by atoms with van der Waals surface area (Å²) in [4.78, 5) is 20.8. The Bertz CT molecular complexity index is 957. The molecule has 1 aliphatic heterocycles. The average molecular weight is 425 g/mol. The second-order valence-electron chi connectivity index (χ2n) is 7.36. The topological polar surface area (TPSA) is 61.3 Å². The molecule has 0 aliphatic carbocycles. The van der Waals surface area contributed by atoms with Gasteiger partial charge in [-0.15, -0.1) is 11.8 Å². The molecule has 5 nitrogen and oxygen atoms in total. The van der Waals surface area contributed by atoms with Crippen LogP contribution >= 0.6 is 11.8 Å². The lowest BCUT2D eigenvalue weighted by atomic mass is 9.71. The highest BCUT2D eigenvalue weighted by molar-refractivity contribution is 7.98. The molecule has 0 fully saturated rings. The van der Waals surface area contributed by atoms with Gasteiger partial charge in [-0.2, -0.15) is 0 Å². The van der Waals surface area contributed by atoms with Crippen LogP contribution in [-0.4, -0.2) is 28.8 Å². The second-order valence-corrected chi connectivity index (χ2v) is 8.21. The van der Waals surface area contributed by atoms with E-state index in [1.807, 2.05) is 13.2 Å². The fourth-order valence-electron chi connectivity index (χ4n) is 3.77. The minimum atomic E-state index is -0.326. The van der Waals surface area contributed by atoms with Crippen LogP contribution in [0.1, 0.15) is 69.6 Å². The Morgan fingerprint density at radius 3 is 2.57 bits per heavy atom. The molecule has 6 heteroatoms. The van der Waals surface area contributed by atoms with Gasteiger partial charge in [-0.3, -0.25) is 4.79 Å². The lowest BCUT2D eigenvalue weighted by molar-refractivity contribution is -0.134. The minimum absolute atomic E-state index is 0.0606. The highest BCUT2D eigenvalue weighted by atomic mass is 32.2. The summed E-state index contributed by atoms with van der Waals surface area (Å²) in [5.74, 6) is 7.09. The Balaban J connectivity index is 1.89. The van der Waals surface area contributed by atoms with Gasteiger partial charge < -0.3 is 9.47 Å². The van der Waals surface area contributed by atoms with Gasteiger partial charge in [0.1, 0.15) is 5.75 Å². The first kappa shape index (κ1) is 22.2. The van der Waals surface area contributed by atoms with E-state index < -0.39 is 0 Å². The van der Waals surface area contributed by atoms with Gasteiger partial charge in [-0.05, 0) is 44.1 Å². The number of esters is 1. The predicted molar refractivity (Wildman–Crippen MR) is 119 cm³/mol. The fraction of sp³-hybridized carbons (Fsp3) is 0.458. The third-order valence-electron chi connectivity index (χ3n) is 5.69. The zero-order valence-electron chi connectivity index (χ0n) is 18.1. The van der Waals surface area contributed by atoms with E-state index in [1.165, 1.54) is 5.56 Å². The number of rotatable bonds is 6. The molecule has 0 radical (unpaired) electrons. The summed E-state index contributed by atoms with van der Waals surface area (Å²) < 4.78 is 11.1. The molecule has 1 aliphatic rings. The number of carbonyl (C=O) groups excluding carboxylic acids is 1. The predicted octanol–water partition coefficient (Wildman–Crippen LogP) is 5.14. The first-order chi connectivity index (χ1) is 14.5. The summed E-state index contributed by atoms with van der Waals surface area (Å²) >= 11 is 1.66. The maximum atomic E-state index is 11.6. The molecule has 0 bridgehead atoms. The lowest BCUT2D eigenvalue weighted by Gasteiger charge is -2.38. The van der Waals surface area contributed by atoms with Crippen LogP contribution in [0, 0.1) is 11.8 Å². The highest BCUT2D eigenvalue weighted by Gasteiger charge is 2.35. The number of hydrogen-bond donors (Lipinski definition) is 0. The average Bonchev–Trinajstić information content (AvgIpc) is 2.77. The number of carbonyl (C=O) groups is 1. The van der Waals surface area contributed by atoms with Crippen LogP contribution in [-0.2, 0) is 10.2 Å². The van der Waals surface area contributed by atoms with E-state index in [2.05, 4.69) is 47.8 Å². The molecule has 0 N–H and O–H groups in total. The van der Waals surface area contributed by atoms with Crippen LogP contribution in [0.25, 0.3) is 0 Å². The van der Waals surface area contributed by atoms with Crippen molar-refractivity contribution in [3.63, 3.8) is 0 Å². The van der Waals surface area contributed by atoms with Crippen molar-refractivity contribution in [3.05, 3.63) is 41.2 Å². The van der Waals surface area contributed by atoms with Crippen LogP contribution < -0.4 is 9.47 Å². The number of benzene rings is 1. The Hall–Kier alpha value is -2.52. The Morgan fingerprint density at radius 2 is 1.93 bits per heavy atom. The molecule has 0 unspecified atom stereocenters. The minimum Gasteiger partial charge on any atom is -0.493 e. The molecule has 30 heavy (non-hydrogen) atoms. The Morgan fingerprint density at radius 1 is 1.20 bits per heavy atom. The summed E-state index contributed by atoms with van der Waals surface area (Å²) in [7, 11) is 0. The van der Waals surface area contributed by atoms with Crippen LogP contribution in [0.5, 0.6) is 11.8 Å². The van der Waals surface area contributed by atoms with Crippen molar-refractivity contribution in [3.8, 4) is 23.6 Å². The summed E-state index contributed by atoms with van der Waals surface area (Å²) in [5.41, 5.74) is 3.06. The standard InChI is InChI=1S/C24H28N2O3S/c1-5-8-22(27)29-23-25-15-17(16-26-23)9-10-18-13-19-20(14-21(18)30-4)28-12-11-24(19,6-2)7-3/h13-16H,5-8,11-12H2,1-4H3. The highest BCUT2D eigenvalue weighted by Crippen LogP contribution is 2.45. The molecule has 0 saturated carbocycles. The molecule has 158 valence electrons. The third kappa shape index (κ3) is 4.79.